The molecule has 0 aromatic rings. The van der Waals surface area contributed by atoms with E-state index in [4.69, 9.17) is 11.2 Å². The summed E-state index contributed by atoms with van der Waals surface area (Å²) in [7, 11) is 0. The van der Waals surface area contributed by atoms with Gasteiger partial charge in [-0.25, -0.2) is 0 Å². The van der Waals surface area contributed by atoms with Gasteiger partial charge in [-0.3, -0.25) is 4.79 Å². The van der Waals surface area contributed by atoms with Crippen molar-refractivity contribution < 1.29 is 22.7 Å². The van der Waals surface area contributed by atoms with Gasteiger partial charge in [-0.05, 0) is 37.7 Å². The average molecular weight is 328 g/mol. The molecule has 1 aliphatic rings. The second-order valence-electron chi connectivity index (χ2n) is 6.82. The molecule has 5 heteroatoms. The molecule has 0 aliphatic heterocycles. The predicted molar refractivity (Wildman–Crippen MR) is 83.3 cm³/mol. The zero-order chi connectivity index (χ0) is 18.0. The van der Waals surface area contributed by atoms with Gasteiger partial charge in [0.2, 0.25) is 0 Å². The quantitative estimate of drug-likeness (QED) is 0.416. The molecule has 0 aromatic heterocycles. The van der Waals surface area contributed by atoms with Crippen molar-refractivity contribution in [1.82, 2.24) is 0 Å². The average Bonchev–Trinajstić information content (AvgIpc) is 2.92. The van der Waals surface area contributed by atoms with Crippen molar-refractivity contribution in [3.8, 4) is 12.3 Å². The second kappa shape index (κ2) is 6.82. The van der Waals surface area contributed by atoms with E-state index in [0.29, 0.717) is 0 Å². The first-order valence-corrected chi connectivity index (χ1v) is 7.45. The van der Waals surface area contributed by atoms with Crippen LogP contribution < -0.4 is 0 Å². The lowest BCUT2D eigenvalue weighted by molar-refractivity contribution is -0.147. The molecule has 0 radical (unpaired) electrons. The Morgan fingerprint density at radius 3 is 2.35 bits per heavy atom. The summed E-state index contributed by atoms with van der Waals surface area (Å²) in [6.45, 7) is 9.26. The Bertz CT molecular complexity index is 558. The monoisotopic (exact) mass is 328 g/mol. The minimum Gasteiger partial charge on any atom is -0.444 e. The highest BCUT2D eigenvalue weighted by molar-refractivity contribution is 5.79. The molecule has 0 spiro atoms. The first kappa shape index (κ1) is 19.3. The summed E-state index contributed by atoms with van der Waals surface area (Å²) < 4.78 is 42.0. The lowest BCUT2D eigenvalue weighted by Gasteiger charge is -2.14. The summed E-state index contributed by atoms with van der Waals surface area (Å²) in [6.07, 6.45) is 1.82. The number of esters is 1. The standard InChI is InChI=1S/C18H23F3O2/c1-7-14(12(4)8-9-18(19,20)21)23-16(22)15-13(10-11(2)3)17(15,5)6/h1,8,10,13-15H,9H2,2-6H3. The van der Waals surface area contributed by atoms with Gasteiger partial charge in [0.15, 0.2) is 6.10 Å². The number of carbonyl (C=O) groups excluding carboxylic acids is 1. The van der Waals surface area contributed by atoms with Crippen LogP contribution in [0, 0.1) is 29.6 Å². The van der Waals surface area contributed by atoms with Crippen molar-refractivity contribution in [3.05, 3.63) is 23.3 Å². The summed E-state index contributed by atoms with van der Waals surface area (Å²) in [5.74, 6) is 1.53. The van der Waals surface area contributed by atoms with Gasteiger partial charge in [-0.15, -0.1) is 6.42 Å². The number of rotatable bonds is 5. The number of hydrogen-bond donors (Lipinski definition) is 0. The third-order valence-electron chi connectivity index (χ3n) is 4.13. The fourth-order valence-electron chi connectivity index (χ4n) is 2.63. The number of allylic oxidation sites excluding steroid dienone is 3. The molecule has 2 nitrogen and oxygen atoms in total. The van der Waals surface area contributed by atoms with Crippen LogP contribution in [-0.4, -0.2) is 18.2 Å². The third kappa shape index (κ3) is 5.16. The Labute approximate surface area is 135 Å². The Kier molecular flexibility index (Phi) is 5.74. The highest BCUT2D eigenvalue weighted by Gasteiger charge is 2.61. The van der Waals surface area contributed by atoms with Crippen molar-refractivity contribution in [1.29, 1.82) is 0 Å². The van der Waals surface area contributed by atoms with Crippen molar-refractivity contribution >= 4 is 5.97 Å². The molecule has 3 unspecified atom stereocenters. The van der Waals surface area contributed by atoms with E-state index in [0.717, 1.165) is 11.6 Å². The fraction of sp³-hybridized carbons (Fsp3) is 0.611. The van der Waals surface area contributed by atoms with E-state index in [9.17, 15) is 18.0 Å². The van der Waals surface area contributed by atoms with Crippen LogP contribution in [0.2, 0.25) is 0 Å². The molecular formula is C18H23F3O2. The van der Waals surface area contributed by atoms with Gasteiger partial charge in [0.1, 0.15) is 0 Å². The van der Waals surface area contributed by atoms with Crippen LogP contribution in [0.3, 0.4) is 0 Å². The van der Waals surface area contributed by atoms with Gasteiger partial charge in [0, 0.05) is 0 Å². The number of ether oxygens (including phenoxy) is 1. The Balaban J connectivity index is 2.76. The minimum absolute atomic E-state index is 0.0675. The summed E-state index contributed by atoms with van der Waals surface area (Å²) in [6, 6.07) is 0. The maximum Gasteiger partial charge on any atom is 0.392 e. The molecule has 128 valence electrons. The van der Waals surface area contributed by atoms with Gasteiger partial charge >= 0.3 is 12.1 Å². The van der Waals surface area contributed by atoms with Crippen molar-refractivity contribution in [2.24, 2.45) is 17.3 Å². The molecule has 0 amide bonds. The molecule has 0 aromatic carbocycles. The molecule has 1 saturated carbocycles. The van der Waals surface area contributed by atoms with Crippen LogP contribution in [0.25, 0.3) is 0 Å². The Hall–Kier alpha value is -1.70. The summed E-state index contributed by atoms with van der Waals surface area (Å²) >= 11 is 0. The van der Waals surface area contributed by atoms with Crippen LogP contribution in [0.5, 0.6) is 0 Å². The molecule has 0 bridgehead atoms. The molecule has 23 heavy (non-hydrogen) atoms. The van der Waals surface area contributed by atoms with Crippen LogP contribution in [0.1, 0.15) is 41.0 Å². The highest BCUT2D eigenvalue weighted by Crippen LogP contribution is 2.60. The van der Waals surface area contributed by atoms with Gasteiger partial charge in [-0.1, -0.05) is 37.5 Å². The van der Waals surface area contributed by atoms with E-state index < -0.39 is 24.7 Å². The van der Waals surface area contributed by atoms with Gasteiger partial charge in [0.05, 0.1) is 12.3 Å². The third-order valence-corrected chi connectivity index (χ3v) is 4.13. The molecule has 0 heterocycles. The maximum atomic E-state index is 12.3. The van der Waals surface area contributed by atoms with Gasteiger partial charge < -0.3 is 4.74 Å². The van der Waals surface area contributed by atoms with E-state index in [1.807, 2.05) is 33.8 Å². The molecule has 1 fully saturated rings. The molecule has 1 rings (SSSR count). The topological polar surface area (TPSA) is 26.3 Å². The molecule has 0 N–H and O–H groups in total. The minimum atomic E-state index is -4.31. The summed E-state index contributed by atoms with van der Waals surface area (Å²) in [5.41, 5.74) is 1.10. The predicted octanol–water partition coefficient (Wildman–Crippen LogP) is 4.67. The molecule has 3 atom stereocenters. The smallest absolute Gasteiger partial charge is 0.392 e. The largest absolute Gasteiger partial charge is 0.444 e. The lowest BCUT2D eigenvalue weighted by atomic mass is 10.1. The normalized spacial score (nSPS) is 24.4. The summed E-state index contributed by atoms with van der Waals surface area (Å²) in [4.78, 5) is 12.3. The van der Waals surface area contributed by atoms with E-state index in [1.165, 1.54) is 6.92 Å². The van der Waals surface area contributed by atoms with E-state index in [-0.39, 0.29) is 22.8 Å². The maximum absolute atomic E-state index is 12.3. The number of alkyl halides is 3. The van der Waals surface area contributed by atoms with E-state index in [1.54, 1.807) is 0 Å². The van der Waals surface area contributed by atoms with Crippen LogP contribution in [-0.2, 0) is 9.53 Å². The number of halogens is 3. The van der Waals surface area contributed by atoms with E-state index in [2.05, 4.69) is 5.92 Å². The molecular weight excluding hydrogens is 305 g/mol. The first-order valence-electron chi connectivity index (χ1n) is 7.45. The van der Waals surface area contributed by atoms with Crippen LogP contribution in [0.4, 0.5) is 13.2 Å². The summed E-state index contributed by atoms with van der Waals surface area (Å²) in [5, 5.41) is 0. The molecule has 0 saturated heterocycles. The number of carbonyl (C=O) groups is 1. The molecule has 1 aliphatic carbocycles. The number of terminal acetylenes is 1. The second-order valence-corrected chi connectivity index (χ2v) is 6.82. The number of hydrogen-bond acceptors (Lipinski definition) is 2. The first-order chi connectivity index (χ1) is 10.4. The SMILES string of the molecule is C#CC(OC(=O)C1C(C=C(C)C)C1(C)C)C(C)=CCC(F)(F)F. The Morgan fingerprint density at radius 1 is 1.35 bits per heavy atom. The zero-order valence-corrected chi connectivity index (χ0v) is 14.1. The van der Waals surface area contributed by atoms with Crippen LogP contribution in [0.15, 0.2) is 23.3 Å². The van der Waals surface area contributed by atoms with Crippen molar-refractivity contribution in [3.63, 3.8) is 0 Å². The van der Waals surface area contributed by atoms with E-state index >= 15 is 0 Å². The fourth-order valence-corrected chi connectivity index (χ4v) is 2.63. The van der Waals surface area contributed by atoms with Gasteiger partial charge in [0.25, 0.3) is 0 Å². The van der Waals surface area contributed by atoms with Crippen molar-refractivity contribution in [2.75, 3.05) is 0 Å². The zero-order valence-electron chi connectivity index (χ0n) is 14.1. The lowest BCUT2D eigenvalue weighted by Crippen LogP contribution is -2.21. The van der Waals surface area contributed by atoms with Crippen LogP contribution >= 0.6 is 0 Å². The van der Waals surface area contributed by atoms with Crippen molar-refractivity contribution in [2.45, 2.75) is 53.3 Å². The highest BCUT2D eigenvalue weighted by atomic mass is 19.4. The van der Waals surface area contributed by atoms with Gasteiger partial charge in [-0.2, -0.15) is 13.2 Å². The Morgan fingerprint density at radius 2 is 1.91 bits per heavy atom.